The normalized spacial score (nSPS) is 13.3. The summed E-state index contributed by atoms with van der Waals surface area (Å²) in [5, 5.41) is 0. The van der Waals surface area contributed by atoms with Crippen LogP contribution in [0.15, 0.2) is 0 Å². The molecule has 0 amide bonds. The molecule has 0 rings (SSSR count). The van der Waals surface area contributed by atoms with E-state index in [0.717, 1.165) is 18.9 Å². The molecule has 0 aliphatic rings. The molecule has 0 heterocycles. The predicted molar refractivity (Wildman–Crippen MR) is 168 cm³/mol. The van der Waals surface area contributed by atoms with Gasteiger partial charge in [-0.05, 0) is 25.2 Å². The number of rotatable bonds is 32. The quantitative estimate of drug-likeness (QED) is 0.0702. The van der Waals surface area contributed by atoms with Crippen molar-refractivity contribution in [3.8, 4) is 0 Å². The summed E-state index contributed by atoms with van der Waals surface area (Å²) < 4.78 is 5.96. The lowest BCUT2D eigenvalue weighted by molar-refractivity contribution is 0.0258. The SMILES string of the molecule is CCCCCCCCCCCCCCCCC(CCCCCCCCCCCCCC)COC(N)CC. The predicted octanol–water partition coefficient (Wildman–Crippen LogP) is 12.3. The Morgan fingerprint density at radius 1 is 0.405 bits per heavy atom. The van der Waals surface area contributed by atoms with Gasteiger partial charge in [0.15, 0.2) is 0 Å². The lowest BCUT2D eigenvalue weighted by Crippen LogP contribution is -2.25. The van der Waals surface area contributed by atoms with Crippen LogP contribution in [0.3, 0.4) is 0 Å². The fourth-order valence-corrected chi connectivity index (χ4v) is 5.59. The minimum atomic E-state index is -0.0687. The van der Waals surface area contributed by atoms with Crippen LogP contribution in [0.2, 0.25) is 0 Å². The highest BCUT2D eigenvalue weighted by Gasteiger charge is 2.11. The lowest BCUT2D eigenvalue weighted by atomic mass is 9.94. The van der Waals surface area contributed by atoms with Crippen molar-refractivity contribution in [3.05, 3.63) is 0 Å². The van der Waals surface area contributed by atoms with Gasteiger partial charge in [-0.1, -0.05) is 188 Å². The zero-order valence-electron chi connectivity index (χ0n) is 26.4. The first-order valence-corrected chi connectivity index (χ1v) is 17.6. The second kappa shape index (κ2) is 32.1. The monoisotopic (exact) mass is 524 g/mol. The number of ether oxygens (including phenoxy) is 1. The van der Waals surface area contributed by atoms with E-state index >= 15 is 0 Å². The van der Waals surface area contributed by atoms with Crippen LogP contribution in [0.4, 0.5) is 0 Å². The molecule has 0 saturated carbocycles. The number of hydrogen-bond acceptors (Lipinski definition) is 2. The minimum Gasteiger partial charge on any atom is -0.363 e. The van der Waals surface area contributed by atoms with Gasteiger partial charge >= 0.3 is 0 Å². The molecule has 2 unspecified atom stereocenters. The standard InChI is InChI=1S/C35H73NO/c1-4-7-9-11-13-15-17-19-20-22-24-26-28-30-32-34(33-37-35(36)6-3)31-29-27-25-23-21-18-16-14-12-10-8-5-2/h34-35H,4-33,36H2,1-3H3. The topological polar surface area (TPSA) is 35.2 Å². The number of unbranched alkanes of at least 4 members (excludes halogenated alkanes) is 24. The third-order valence-electron chi connectivity index (χ3n) is 8.38. The highest BCUT2D eigenvalue weighted by atomic mass is 16.5. The second-order valence-electron chi connectivity index (χ2n) is 12.2. The molecule has 0 aromatic heterocycles. The highest BCUT2D eigenvalue weighted by Crippen LogP contribution is 2.21. The molecule has 2 heteroatoms. The van der Waals surface area contributed by atoms with Crippen molar-refractivity contribution in [3.63, 3.8) is 0 Å². The Hall–Kier alpha value is -0.0800. The van der Waals surface area contributed by atoms with Gasteiger partial charge in [0.25, 0.3) is 0 Å². The molecule has 2 nitrogen and oxygen atoms in total. The Labute approximate surface area is 236 Å². The van der Waals surface area contributed by atoms with E-state index in [-0.39, 0.29) is 6.23 Å². The van der Waals surface area contributed by atoms with E-state index in [2.05, 4.69) is 20.8 Å². The third-order valence-corrected chi connectivity index (χ3v) is 8.38. The van der Waals surface area contributed by atoms with E-state index in [1.54, 1.807) is 0 Å². The van der Waals surface area contributed by atoms with Gasteiger partial charge in [-0.3, -0.25) is 0 Å². The van der Waals surface area contributed by atoms with Gasteiger partial charge in [-0.2, -0.15) is 0 Å². The molecule has 0 aliphatic carbocycles. The van der Waals surface area contributed by atoms with Gasteiger partial charge in [0.1, 0.15) is 6.23 Å². The zero-order chi connectivity index (χ0) is 27.1. The van der Waals surface area contributed by atoms with Crippen LogP contribution in [-0.2, 0) is 4.74 Å². The van der Waals surface area contributed by atoms with E-state index in [4.69, 9.17) is 10.5 Å². The molecule has 37 heavy (non-hydrogen) atoms. The molecule has 0 aliphatic heterocycles. The van der Waals surface area contributed by atoms with Crippen molar-refractivity contribution in [2.24, 2.45) is 11.7 Å². The maximum atomic E-state index is 6.05. The van der Waals surface area contributed by atoms with Crippen molar-refractivity contribution >= 4 is 0 Å². The molecule has 0 fully saturated rings. The molecule has 0 bridgehead atoms. The maximum absolute atomic E-state index is 6.05. The molecule has 0 aromatic rings. The van der Waals surface area contributed by atoms with Crippen molar-refractivity contribution < 1.29 is 4.74 Å². The average Bonchev–Trinajstić information content (AvgIpc) is 2.91. The van der Waals surface area contributed by atoms with E-state index < -0.39 is 0 Å². The van der Waals surface area contributed by atoms with Crippen LogP contribution in [-0.4, -0.2) is 12.8 Å². The molecule has 0 saturated heterocycles. The van der Waals surface area contributed by atoms with Gasteiger partial charge in [-0.15, -0.1) is 0 Å². The average molecular weight is 524 g/mol. The summed E-state index contributed by atoms with van der Waals surface area (Å²) in [6, 6.07) is 0. The summed E-state index contributed by atoms with van der Waals surface area (Å²) in [5.74, 6) is 0.720. The summed E-state index contributed by atoms with van der Waals surface area (Å²) in [7, 11) is 0. The zero-order valence-corrected chi connectivity index (χ0v) is 26.4. The fourth-order valence-electron chi connectivity index (χ4n) is 5.59. The lowest BCUT2D eigenvalue weighted by Gasteiger charge is -2.19. The first kappa shape index (κ1) is 36.9. The summed E-state index contributed by atoms with van der Waals surface area (Å²) in [6.45, 7) is 7.61. The van der Waals surface area contributed by atoms with Gasteiger partial charge in [0, 0.05) is 0 Å². The minimum absolute atomic E-state index is 0.0687. The summed E-state index contributed by atoms with van der Waals surface area (Å²) in [6.07, 6.45) is 40.8. The van der Waals surface area contributed by atoms with Crippen LogP contribution >= 0.6 is 0 Å². The molecule has 0 spiro atoms. The molecular formula is C35H73NO. The Morgan fingerprint density at radius 3 is 0.946 bits per heavy atom. The van der Waals surface area contributed by atoms with Gasteiger partial charge in [0.2, 0.25) is 0 Å². The molecule has 0 aromatic carbocycles. The van der Waals surface area contributed by atoms with E-state index in [0.29, 0.717) is 0 Å². The smallest absolute Gasteiger partial charge is 0.105 e. The van der Waals surface area contributed by atoms with Gasteiger partial charge in [0.05, 0.1) is 6.61 Å². The van der Waals surface area contributed by atoms with Gasteiger partial charge in [-0.25, -0.2) is 0 Å². The maximum Gasteiger partial charge on any atom is 0.105 e. The van der Waals surface area contributed by atoms with Crippen LogP contribution in [0, 0.1) is 5.92 Å². The summed E-state index contributed by atoms with van der Waals surface area (Å²) in [5.41, 5.74) is 6.05. The van der Waals surface area contributed by atoms with Crippen molar-refractivity contribution in [1.82, 2.24) is 0 Å². The van der Waals surface area contributed by atoms with Crippen LogP contribution in [0.5, 0.6) is 0 Å². The van der Waals surface area contributed by atoms with Gasteiger partial charge < -0.3 is 10.5 Å². The first-order valence-electron chi connectivity index (χ1n) is 17.6. The fraction of sp³-hybridized carbons (Fsp3) is 1.00. The van der Waals surface area contributed by atoms with Crippen molar-refractivity contribution in [2.75, 3.05) is 6.61 Å². The van der Waals surface area contributed by atoms with Crippen LogP contribution in [0.25, 0.3) is 0 Å². The third kappa shape index (κ3) is 30.3. The highest BCUT2D eigenvalue weighted by molar-refractivity contribution is 4.62. The molecule has 2 N–H and O–H groups in total. The molecular weight excluding hydrogens is 450 g/mol. The Morgan fingerprint density at radius 2 is 0.676 bits per heavy atom. The molecule has 0 radical (unpaired) electrons. The second-order valence-corrected chi connectivity index (χ2v) is 12.2. The van der Waals surface area contributed by atoms with E-state index in [1.807, 2.05) is 0 Å². The molecule has 224 valence electrons. The van der Waals surface area contributed by atoms with Crippen LogP contribution < -0.4 is 5.73 Å². The number of nitrogens with two attached hydrogens (primary N) is 1. The molecule has 2 atom stereocenters. The Bertz CT molecular complexity index is 399. The first-order chi connectivity index (χ1) is 18.2. The van der Waals surface area contributed by atoms with Crippen molar-refractivity contribution in [1.29, 1.82) is 0 Å². The Kier molecular flexibility index (Phi) is 32.1. The van der Waals surface area contributed by atoms with E-state index in [1.165, 1.54) is 180 Å². The number of hydrogen-bond donors (Lipinski definition) is 1. The van der Waals surface area contributed by atoms with Crippen LogP contribution in [0.1, 0.15) is 207 Å². The Balaban J connectivity index is 3.67. The van der Waals surface area contributed by atoms with E-state index in [9.17, 15) is 0 Å². The van der Waals surface area contributed by atoms with Crippen molar-refractivity contribution in [2.45, 2.75) is 213 Å². The summed E-state index contributed by atoms with van der Waals surface area (Å²) in [4.78, 5) is 0. The largest absolute Gasteiger partial charge is 0.363 e. The summed E-state index contributed by atoms with van der Waals surface area (Å²) >= 11 is 0.